The Bertz CT molecular complexity index is 319. The van der Waals surface area contributed by atoms with Gasteiger partial charge in [-0.25, -0.2) is 4.79 Å². The first-order valence-corrected chi connectivity index (χ1v) is 3.64. The molecular formula is C9H8O4. The van der Waals surface area contributed by atoms with E-state index in [0.29, 0.717) is 12.0 Å². The number of carbonyl (C=O) groups excluding carboxylic acids is 1. The fraction of sp³-hybridized carbons (Fsp3) is 0.111. The van der Waals surface area contributed by atoms with E-state index in [9.17, 15) is 9.59 Å². The minimum absolute atomic E-state index is 0.0664. The van der Waals surface area contributed by atoms with Crippen molar-refractivity contribution in [1.29, 1.82) is 0 Å². The number of carboxylic acid groups (broad SMARTS) is 1. The van der Waals surface area contributed by atoms with E-state index in [4.69, 9.17) is 9.84 Å². The summed E-state index contributed by atoms with van der Waals surface area (Å²) in [7, 11) is 0. The molecule has 1 aromatic rings. The molecule has 0 fully saturated rings. The van der Waals surface area contributed by atoms with Crippen LogP contribution in [0.4, 0.5) is 0 Å². The summed E-state index contributed by atoms with van der Waals surface area (Å²) < 4.78 is 4.91. The van der Waals surface area contributed by atoms with E-state index in [1.54, 1.807) is 12.1 Å². The average Bonchev–Trinajstić information content (AvgIpc) is 2.15. The lowest BCUT2D eigenvalue weighted by Crippen LogP contribution is -2.00. The van der Waals surface area contributed by atoms with Gasteiger partial charge >= 0.3 is 5.97 Å². The average molecular weight is 180 g/mol. The third kappa shape index (κ3) is 2.59. The van der Waals surface area contributed by atoms with E-state index >= 15 is 0 Å². The van der Waals surface area contributed by atoms with Gasteiger partial charge < -0.3 is 9.84 Å². The zero-order valence-electron chi connectivity index (χ0n) is 6.77. The number of aromatic carboxylic acids is 1. The molecule has 0 radical (unpaired) electrons. The first-order valence-electron chi connectivity index (χ1n) is 3.64. The van der Waals surface area contributed by atoms with Crippen LogP contribution in [0.2, 0.25) is 0 Å². The van der Waals surface area contributed by atoms with Crippen molar-refractivity contribution in [3.8, 4) is 5.75 Å². The molecule has 68 valence electrons. The Hall–Kier alpha value is -1.84. The van der Waals surface area contributed by atoms with Gasteiger partial charge in [-0.05, 0) is 18.2 Å². The molecule has 13 heavy (non-hydrogen) atoms. The Labute approximate surface area is 74.8 Å². The van der Waals surface area contributed by atoms with Crippen LogP contribution in [0, 0.1) is 0 Å². The predicted molar refractivity (Wildman–Crippen MR) is 45.0 cm³/mol. The second-order valence-corrected chi connectivity index (χ2v) is 2.31. The van der Waals surface area contributed by atoms with E-state index in [1.807, 2.05) is 0 Å². The summed E-state index contributed by atoms with van der Waals surface area (Å²) in [6.07, 6.45) is 0.605. The molecular weight excluding hydrogens is 172 g/mol. The van der Waals surface area contributed by atoms with Gasteiger partial charge in [0.15, 0.2) is 6.29 Å². The number of aldehydes is 1. The van der Waals surface area contributed by atoms with E-state index in [0.717, 1.165) is 0 Å². The fourth-order valence-electron chi connectivity index (χ4n) is 0.849. The van der Waals surface area contributed by atoms with Crippen molar-refractivity contribution in [1.82, 2.24) is 0 Å². The quantitative estimate of drug-likeness (QED) is 0.701. The summed E-state index contributed by atoms with van der Waals surface area (Å²) >= 11 is 0. The molecule has 0 unspecified atom stereocenters. The molecule has 4 heteroatoms. The van der Waals surface area contributed by atoms with Gasteiger partial charge in [0.2, 0.25) is 0 Å². The summed E-state index contributed by atoms with van der Waals surface area (Å²) in [5.41, 5.74) is 0.142. The maximum absolute atomic E-state index is 10.5. The number of ether oxygens (including phenoxy) is 1. The SMILES string of the molecule is O=CCOc1cccc(C(=O)O)c1. The van der Waals surface area contributed by atoms with Crippen molar-refractivity contribution < 1.29 is 19.4 Å². The lowest BCUT2D eigenvalue weighted by Gasteiger charge is -2.01. The molecule has 0 aromatic heterocycles. The van der Waals surface area contributed by atoms with Crippen LogP contribution in [0.1, 0.15) is 10.4 Å². The molecule has 0 aliphatic heterocycles. The number of rotatable bonds is 4. The van der Waals surface area contributed by atoms with Crippen LogP contribution in [-0.2, 0) is 4.79 Å². The van der Waals surface area contributed by atoms with E-state index < -0.39 is 5.97 Å². The summed E-state index contributed by atoms with van der Waals surface area (Å²) in [6, 6.07) is 5.97. The second-order valence-electron chi connectivity index (χ2n) is 2.31. The highest BCUT2D eigenvalue weighted by molar-refractivity contribution is 5.88. The molecule has 1 aromatic carbocycles. The molecule has 0 spiro atoms. The monoisotopic (exact) mass is 180 g/mol. The molecule has 4 nitrogen and oxygen atoms in total. The smallest absolute Gasteiger partial charge is 0.335 e. The summed E-state index contributed by atoms with van der Waals surface area (Å²) in [6.45, 7) is -0.0664. The van der Waals surface area contributed by atoms with Gasteiger partial charge in [0.25, 0.3) is 0 Å². The van der Waals surface area contributed by atoms with Crippen molar-refractivity contribution in [2.24, 2.45) is 0 Å². The second kappa shape index (κ2) is 4.25. The Morgan fingerprint density at radius 3 is 2.92 bits per heavy atom. The Morgan fingerprint density at radius 1 is 1.54 bits per heavy atom. The lowest BCUT2D eigenvalue weighted by molar-refractivity contribution is -0.109. The third-order valence-corrected chi connectivity index (χ3v) is 1.40. The van der Waals surface area contributed by atoms with Crippen molar-refractivity contribution in [3.63, 3.8) is 0 Å². The first-order chi connectivity index (χ1) is 6.24. The highest BCUT2D eigenvalue weighted by Gasteiger charge is 2.02. The highest BCUT2D eigenvalue weighted by Crippen LogP contribution is 2.12. The minimum atomic E-state index is -1.02. The molecule has 0 saturated carbocycles. The summed E-state index contributed by atoms with van der Waals surface area (Å²) in [5.74, 6) is -0.636. The van der Waals surface area contributed by atoms with Crippen LogP contribution in [0.25, 0.3) is 0 Å². The van der Waals surface area contributed by atoms with Gasteiger partial charge in [-0.15, -0.1) is 0 Å². The summed E-state index contributed by atoms with van der Waals surface area (Å²) in [5, 5.41) is 8.61. The maximum Gasteiger partial charge on any atom is 0.335 e. The van der Waals surface area contributed by atoms with Crippen LogP contribution in [0.15, 0.2) is 24.3 Å². The molecule has 1 N–H and O–H groups in total. The van der Waals surface area contributed by atoms with Crippen molar-refractivity contribution >= 4 is 12.3 Å². The molecule has 0 atom stereocenters. The van der Waals surface area contributed by atoms with E-state index in [2.05, 4.69) is 0 Å². The van der Waals surface area contributed by atoms with Gasteiger partial charge in [-0.1, -0.05) is 6.07 Å². The van der Waals surface area contributed by atoms with Crippen molar-refractivity contribution in [2.75, 3.05) is 6.61 Å². The van der Waals surface area contributed by atoms with Crippen LogP contribution in [0.3, 0.4) is 0 Å². The lowest BCUT2D eigenvalue weighted by atomic mass is 10.2. The van der Waals surface area contributed by atoms with Crippen molar-refractivity contribution in [2.45, 2.75) is 0 Å². The topological polar surface area (TPSA) is 63.6 Å². The Morgan fingerprint density at radius 2 is 2.31 bits per heavy atom. The largest absolute Gasteiger partial charge is 0.486 e. The molecule has 1 rings (SSSR count). The van der Waals surface area contributed by atoms with Crippen LogP contribution >= 0.6 is 0 Å². The third-order valence-electron chi connectivity index (χ3n) is 1.40. The van der Waals surface area contributed by atoms with E-state index in [1.165, 1.54) is 12.1 Å². The Kier molecular flexibility index (Phi) is 3.03. The number of carbonyl (C=O) groups is 2. The van der Waals surface area contributed by atoms with Gasteiger partial charge in [-0.3, -0.25) is 4.79 Å². The molecule has 0 bridgehead atoms. The van der Waals surface area contributed by atoms with Crippen molar-refractivity contribution in [3.05, 3.63) is 29.8 Å². The van der Waals surface area contributed by atoms with Gasteiger partial charge in [0.05, 0.1) is 5.56 Å². The van der Waals surface area contributed by atoms with Crippen LogP contribution in [0.5, 0.6) is 5.75 Å². The number of benzene rings is 1. The molecule has 0 aliphatic carbocycles. The minimum Gasteiger partial charge on any atom is -0.486 e. The van der Waals surface area contributed by atoms with Gasteiger partial charge in [0.1, 0.15) is 12.4 Å². The molecule has 0 heterocycles. The number of carboxylic acids is 1. The normalized spacial score (nSPS) is 9.23. The molecule has 0 saturated heterocycles. The van der Waals surface area contributed by atoms with Crippen LogP contribution in [-0.4, -0.2) is 24.0 Å². The van der Waals surface area contributed by atoms with E-state index in [-0.39, 0.29) is 12.2 Å². The molecule has 0 amide bonds. The van der Waals surface area contributed by atoms with Gasteiger partial charge in [0, 0.05) is 0 Å². The maximum atomic E-state index is 10.5. The van der Waals surface area contributed by atoms with Gasteiger partial charge in [-0.2, -0.15) is 0 Å². The highest BCUT2D eigenvalue weighted by atomic mass is 16.5. The van der Waals surface area contributed by atoms with Crippen LogP contribution < -0.4 is 4.74 Å². The zero-order valence-corrected chi connectivity index (χ0v) is 6.77. The standard InChI is InChI=1S/C9H8O4/c10-4-5-13-8-3-1-2-7(6-8)9(11)12/h1-4,6H,5H2,(H,11,12). The Balaban J connectivity index is 2.79. The zero-order chi connectivity index (χ0) is 9.68. The first kappa shape index (κ1) is 9.25. The fourth-order valence-corrected chi connectivity index (χ4v) is 0.849. The number of hydrogen-bond acceptors (Lipinski definition) is 3. The molecule has 0 aliphatic rings. The summed E-state index contributed by atoms with van der Waals surface area (Å²) in [4.78, 5) is 20.5. The number of hydrogen-bond donors (Lipinski definition) is 1. The predicted octanol–water partition coefficient (Wildman–Crippen LogP) is 0.962.